The Morgan fingerprint density at radius 1 is 1.39 bits per heavy atom. The molecule has 2 heterocycles. The van der Waals surface area contributed by atoms with E-state index in [1.165, 1.54) is 13.3 Å². The first-order chi connectivity index (χ1) is 15.4. The summed E-state index contributed by atoms with van der Waals surface area (Å²) < 4.78 is 85.8. The molecule has 0 aromatic carbocycles. The summed E-state index contributed by atoms with van der Waals surface area (Å²) in [7, 11) is 1.31. The second kappa shape index (κ2) is 9.77. The summed E-state index contributed by atoms with van der Waals surface area (Å²) in [4.78, 5) is 12.5. The molecule has 1 aliphatic carbocycles. The van der Waals surface area contributed by atoms with Crippen LogP contribution in [0.1, 0.15) is 31.7 Å². The number of nitrogens with two attached hydrogens (primary N) is 1. The molecule has 2 atom stereocenters. The van der Waals surface area contributed by atoms with Crippen LogP contribution in [0, 0.1) is 11.9 Å². The largest absolute Gasteiger partial charge is 0.407 e. The molecule has 186 valence electrons. The fourth-order valence-corrected chi connectivity index (χ4v) is 3.83. The summed E-state index contributed by atoms with van der Waals surface area (Å²) in [6.45, 7) is -1.50. The lowest BCUT2D eigenvalue weighted by Crippen LogP contribution is -2.45. The normalized spacial score (nSPS) is 20.8. The fourth-order valence-electron chi connectivity index (χ4n) is 3.83. The van der Waals surface area contributed by atoms with Gasteiger partial charge in [0, 0.05) is 26.2 Å². The van der Waals surface area contributed by atoms with E-state index in [0.717, 1.165) is 15.9 Å². The van der Waals surface area contributed by atoms with Gasteiger partial charge in [-0.2, -0.15) is 17.6 Å². The summed E-state index contributed by atoms with van der Waals surface area (Å²) in [6, 6.07) is -2.11. The molecule has 0 saturated heterocycles. The van der Waals surface area contributed by atoms with E-state index in [1.54, 1.807) is 0 Å². The molecule has 0 radical (unpaired) electrons. The molecular formula is C18H25F6N7O2. The summed E-state index contributed by atoms with van der Waals surface area (Å²) >= 11 is 0. The van der Waals surface area contributed by atoms with Crippen LogP contribution in [0.4, 0.5) is 32.0 Å². The maximum absolute atomic E-state index is 14.5. The van der Waals surface area contributed by atoms with Crippen LogP contribution in [0.5, 0.6) is 0 Å². The number of nitrogens with zero attached hydrogens (tertiary/aromatic N) is 3. The number of carbonyl (C=O) groups is 1. The van der Waals surface area contributed by atoms with Crippen molar-refractivity contribution < 1.29 is 35.9 Å². The summed E-state index contributed by atoms with van der Waals surface area (Å²) in [5.74, 6) is -5.13. The standard InChI is InChI=1S/C18H25F6N7O2/c1-33-8-13(12-6-26-29-31(12)9-18(22,23)24)30-7-11(15(19)28-30)27-16(32)14(25)10-2-4-17(20,21)5-3-10/h6-7,10,13-14,26,29H,2-5,8-9,25H2,1H3,(H,27,32)/t13?,14-/m0/s1. The van der Waals surface area contributed by atoms with Crippen LogP contribution in [-0.4, -0.2) is 59.1 Å². The number of hydrogen-bond acceptors (Lipinski definition) is 7. The fraction of sp³-hybridized carbons (Fsp3) is 0.667. The van der Waals surface area contributed by atoms with E-state index in [1.807, 2.05) is 0 Å². The first-order valence-corrected chi connectivity index (χ1v) is 10.1. The maximum Gasteiger partial charge on any atom is 0.407 e. The topological polar surface area (TPSA) is 109 Å². The van der Waals surface area contributed by atoms with Crippen molar-refractivity contribution in [3.8, 4) is 0 Å². The number of amides is 1. The van der Waals surface area contributed by atoms with E-state index in [4.69, 9.17) is 10.5 Å². The summed E-state index contributed by atoms with van der Waals surface area (Å²) in [5.41, 5.74) is 10.4. The van der Waals surface area contributed by atoms with Gasteiger partial charge >= 0.3 is 6.18 Å². The average molecular weight is 485 g/mol. The minimum Gasteiger partial charge on any atom is -0.382 e. The number of anilines is 1. The molecular weight excluding hydrogens is 460 g/mol. The predicted octanol–water partition coefficient (Wildman–Crippen LogP) is 2.03. The van der Waals surface area contributed by atoms with Gasteiger partial charge in [0.1, 0.15) is 18.3 Å². The van der Waals surface area contributed by atoms with Gasteiger partial charge in [-0.05, 0) is 18.8 Å². The highest BCUT2D eigenvalue weighted by atomic mass is 19.4. The number of rotatable bonds is 8. The van der Waals surface area contributed by atoms with Crippen molar-refractivity contribution >= 4 is 11.6 Å². The summed E-state index contributed by atoms with van der Waals surface area (Å²) in [6.07, 6.45) is -2.82. The molecule has 1 amide bonds. The third-order valence-corrected chi connectivity index (χ3v) is 5.57. The van der Waals surface area contributed by atoms with Crippen molar-refractivity contribution in [1.82, 2.24) is 25.7 Å². The van der Waals surface area contributed by atoms with Gasteiger partial charge in [0.2, 0.25) is 11.8 Å². The smallest absolute Gasteiger partial charge is 0.382 e. The van der Waals surface area contributed by atoms with Gasteiger partial charge in [-0.15, -0.1) is 10.6 Å². The molecule has 15 heteroatoms. The Labute approximate surface area is 185 Å². The van der Waals surface area contributed by atoms with Crippen LogP contribution in [0.25, 0.3) is 0 Å². The van der Waals surface area contributed by atoms with Gasteiger partial charge in [0.15, 0.2) is 0 Å². The lowest BCUT2D eigenvalue weighted by atomic mass is 9.82. The number of hydrogen-bond donors (Lipinski definition) is 4. The van der Waals surface area contributed by atoms with Gasteiger partial charge in [-0.25, -0.2) is 8.78 Å². The highest BCUT2D eigenvalue weighted by Gasteiger charge is 2.39. The number of ether oxygens (including phenoxy) is 1. The lowest BCUT2D eigenvalue weighted by molar-refractivity contribution is -0.148. The Morgan fingerprint density at radius 3 is 2.67 bits per heavy atom. The minimum atomic E-state index is -4.52. The van der Waals surface area contributed by atoms with Crippen LogP contribution >= 0.6 is 0 Å². The molecule has 9 nitrogen and oxygen atoms in total. The molecule has 3 rings (SSSR count). The molecule has 2 aliphatic rings. The van der Waals surface area contributed by atoms with Crippen molar-refractivity contribution in [1.29, 1.82) is 0 Å². The van der Waals surface area contributed by atoms with E-state index >= 15 is 0 Å². The monoisotopic (exact) mass is 485 g/mol. The van der Waals surface area contributed by atoms with Crippen molar-refractivity contribution in [3.63, 3.8) is 0 Å². The van der Waals surface area contributed by atoms with Gasteiger partial charge in [-0.3, -0.25) is 14.5 Å². The average Bonchev–Trinajstić information content (AvgIpc) is 3.30. The number of nitrogens with one attached hydrogen (secondary N) is 3. The number of aromatic nitrogens is 2. The van der Waals surface area contributed by atoms with Gasteiger partial charge < -0.3 is 21.2 Å². The predicted molar refractivity (Wildman–Crippen MR) is 104 cm³/mol. The number of halogens is 6. The van der Waals surface area contributed by atoms with Crippen LogP contribution in [-0.2, 0) is 9.53 Å². The van der Waals surface area contributed by atoms with Crippen LogP contribution in [0.15, 0.2) is 18.1 Å². The molecule has 1 unspecified atom stereocenters. The Hall–Kier alpha value is -2.52. The summed E-state index contributed by atoms with van der Waals surface area (Å²) in [5, 5.41) is 6.72. The van der Waals surface area contributed by atoms with Crippen molar-refractivity contribution in [2.45, 2.75) is 49.9 Å². The van der Waals surface area contributed by atoms with E-state index in [2.05, 4.69) is 21.4 Å². The van der Waals surface area contributed by atoms with E-state index in [-0.39, 0.29) is 43.7 Å². The van der Waals surface area contributed by atoms with Crippen LogP contribution in [0.2, 0.25) is 0 Å². The molecule has 1 fully saturated rings. The zero-order valence-electron chi connectivity index (χ0n) is 17.6. The maximum atomic E-state index is 14.5. The van der Waals surface area contributed by atoms with Gasteiger partial charge in [0.25, 0.3) is 5.95 Å². The Bertz CT molecular complexity index is 865. The Morgan fingerprint density at radius 2 is 2.06 bits per heavy atom. The molecule has 1 aliphatic heterocycles. The number of hydrazine groups is 2. The quantitative estimate of drug-likeness (QED) is 0.417. The van der Waals surface area contributed by atoms with Crippen molar-refractivity contribution in [2.24, 2.45) is 11.7 Å². The highest BCUT2D eigenvalue weighted by molar-refractivity contribution is 5.94. The lowest BCUT2D eigenvalue weighted by Gasteiger charge is -2.31. The highest BCUT2D eigenvalue weighted by Crippen LogP contribution is 2.37. The molecule has 1 aromatic heterocycles. The van der Waals surface area contributed by atoms with Crippen molar-refractivity contribution in [3.05, 3.63) is 24.0 Å². The number of alkyl halides is 5. The third kappa shape index (κ3) is 6.29. The minimum absolute atomic E-state index is 0.0580. The zero-order valence-corrected chi connectivity index (χ0v) is 17.6. The SMILES string of the molecule is COCC(C1=CNNN1CC(F)(F)F)n1cc(NC(=O)[C@@H](N)C2CCC(F)(F)CC2)c(F)n1. The van der Waals surface area contributed by atoms with Crippen LogP contribution < -0.4 is 22.0 Å². The molecule has 1 saturated carbocycles. The van der Waals surface area contributed by atoms with Gasteiger partial charge in [0.05, 0.1) is 24.5 Å². The third-order valence-electron chi connectivity index (χ3n) is 5.57. The van der Waals surface area contributed by atoms with E-state index in [9.17, 15) is 31.1 Å². The van der Waals surface area contributed by atoms with Crippen molar-refractivity contribution in [2.75, 3.05) is 25.6 Å². The number of methoxy groups -OCH3 is 1. The van der Waals surface area contributed by atoms with Gasteiger partial charge in [-0.1, -0.05) is 0 Å². The second-order valence-corrected chi connectivity index (χ2v) is 8.02. The molecule has 1 aromatic rings. The second-order valence-electron chi connectivity index (χ2n) is 8.02. The molecule has 33 heavy (non-hydrogen) atoms. The zero-order chi connectivity index (χ0) is 24.4. The number of carbonyl (C=O) groups excluding carboxylic acids is 1. The Kier molecular flexibility index (Phi) is 7.43. The van der Waals surface area contributed by atoms with E-state index < -0.39 is 48.5 Å². The molecule has 5 N–H and O–H groups in total. The first-order valence-electron chi connectivity index (χ1n) is 10.1. The molecule has 0 spiro atoms. The Balaban J connectivity index is 1.71. The molecule has 0 bridgehead atoms. The van der Waals surface area contributed by atoms with E-state index in [0.29, 0.717) is 0 Å². The van der Waals surface area contributed by atoms with Crippen LogP contribution in [0.3, 0.4) is 0 Å². The first kappa shape index (κ1) is 25.1.